The summed E-state index contributed by atoms with van der Waals surface area (Å²) in [5.41, 5.74) is 3.76. The minimum Gasteiger partial charge on any atom is -0.325 e. The summed E-state index contributed by atoms with van der Waals surface area (Å²) in [4.78, 5) is 38.9. The van der Waals surface area contributed by atoms with E-state index in [-0.39, 0.29) is 24.3 Å². The number of hydrogen-bond acceptors (Lipinski definition) is 3. The highest BCUT2D eigenvalue weighted by atomic mass is 35.5. The Bertz CT molecular complexity index is 1350. The van der Waals surface area contributed by atoms with E-state index in [1.165, 1.54) is 4.90 Å². The minimum absolute atomic E-state index is 0.127. The standard InChI is InChI=1S/C30H25Cl3N2O3/c31-22-14-7-8-15-23(22)34-24(36)16-2-1-9-17-35-27(37)25-26(28(35)38)30(33)19-11-4-3-10-18(19)29(25,32)20-12-5-6-13-21(20)30/h3-8,10-15,25-26H,1-2,9,16-17H2,(H,34,36)/t25-,26-,29?,30?/m1/s1. The topological polar surface area (TPSA) is 66.5 Å². The van der Waals surface area contributed by atoms with Crippen LogP contribution in [0.3, 0.4) is 0 Å². The fraction of sp³-hybridized carbons (Fsp3) is 0.300. The molecule has 3 aliphatic carbocycles. The third-order valence-electron chi connectivity index (χ3n) is 8.11. The molecule has 1 aliphatic heterocycles. The molecule has 3 amide bonds. The zero-order valence-electron chi connectivity index (χ0n) is 20.4. The molecule has 38 heavy (non-hydrogen) atoms. The number of anilines is 1. The van der Waals surface area contributed by atoms with Gasteiger partial charge in [-0.1, -0.05) is 78.7 Å². The van der Waals surface area contributed by atoms with Crippen molar-refractivity contribution in [3.63, 3.8) is 0 Å². The van der Waals surface area contributed by atoms with Gasteiger partial charge in [-0.3, -0.25) is 19.3 Å². The maximum absolute atomic E-state index is 13.8. The Kier molecular flexibility index (Phi) is 6.29. The van der Waals surface area contributed by atoms with Gasteiger partial charge in [0.2, 0.25) is 17.7 Å². The molecule has 0 unspecified atom stereocenters. The number of benzene rings is 3. The highest BCUT2D eigenvalue weighted by molar-refractivity contribution is 6.36. The summed E-state index contributed by atoms with van der Waals surface area (Å²) in [6.07, 6.45) is 2.20. The number of amides is 3. The van der Waals surface area contributed by atoms with E-state index in [1.54, 1.807) is 18.2 Å². The summed E-state index contributed by atoms with van der Waals surface area (Å²) in [7, 11) is 0. The lowest BCUT2D eigenvalue weighted by atomic mass is 9.54. The van der Waals surface area contributed by atoms with Gasteiger partial charge in [-0.15, -0.1) is 23.2 Å². The number of nitrogens with zero attached hydrogens (tertiary/aromatic N) is 1. The number of para-hydroxylation sites is 1. The van der Waals surface area contributed by atoms with Crippen molar-refractivity contribution in [1.82, 2.24) is 4.90 Å². The molecule has 1 heterocycles. The highest BCUT2D eigenvalue weighted by Crippen LogP contribution is 2.69. The number of carbonyl (C=O) groups excluding carboxylic acids is 3. The molecule has 0 spiro atoms. The second-order valence-corrected chi connectivity index (χ2v) is 11.7. The van der Waals surface area contributed by atoms with Crippen molar-refractivity contribution in [3.8, 4) is 0 Å². The van der Waals surface area contributed by atoms with Crippen LogP contribution in [0.5, 0.6) is 0 Å². The van der Waals surface area contributed by atoms with Crippen molar-refractivity contribution in [2.45, 2.75) is 35.4 Å². The number of alkyl halides is 2. The van der Waals surface area contributed by atoms with E-state index in [9.17, 15) is 14.4 Å². The number of carbonyl (C=O) groups is 3. The fourth-order valence-electron chi connectivity index (χ4n) is 6.45. The first-order chi connectivity index (χ1) is 18.3. The molecule has 4 aliphatic rings. The Morgan fingerprint density at radius 2 is 1.21 bits per heavy atom. The molecule has 7 rings (SSSR count). The molecular formula is C30H25Cl3N2O3. The second-order valence-electron chi connectivity index (χ2n) is 10.1. The molecule has 0 saturated carbocycles. The van der Waals surface area contributed by atoms with E-state index in [0.717, 1.165) is 22.3 Å². The van der Waals surface area contributed by atoms with E-state index in [4.69, 9.17) is 34.8 Å². The van der Waals surface area contributed by atoms with E-state index >= 15 is 0 Å². The van der Waals surface area contributed by atoms with E-state index in [0.29, 0.717) is 36.4 Å². The molecule has 194 valence electrons. The fourth-order valence-corrected chi connectivity index (χ4v) is 7.73. The Labute approximate surface area is 236 Å². The Hall–Kier alpha value is -2.86. The van der Waals surface area contributed by atoms with Crippen molar-refractivity contribution < 1.29 is 14.4 Å². The molecule has 0 radical (unpaired) electrons. The van der Waals surface area contributed by atoms with Gasteiger partial charge in [0.05, 0.1) is 22.5 Å². The van der Waals surface area contributed by atoms with Crippen LogP contribution in [0, 0.1) is 11.8 Å². The molecule has 3 aromatic carbocycles. The Balaban J connectivity index is 1.17. The lowest BCUT2D eigenvalue weighted by Gasteiger charge is -2.54. The van der Waals surface area contributed by atoms with Gasteiger partial charge in [-0.2, -0.15) is 0 Å². The summed E-state index contributed by atoms with van der Waals surface area (Å²) in [5, 5.41) is 3.30. The maximum Gasteiger partial charge on any atom is 0.235 e. The van der Waals surface area contributed by atoms with Crippen molar-refractivity contribution in [1.29, 1.82) is 0 Å². The summed E-state index contributed by atoms with van der Waals surface area (Å²) < 4.78 is 0. The second kappa shape index (κ2) is 9.41. The highest BCUT2D eigenvalue weighted by Gasteiger charge is 2.72. The largest absolute Gasteiger partial charge is 0.325 e. The van der Waals surface area contributed by atoms with E-state index in [2.05, 4.69) is 5.32 Å². The third-order valence-corrected chi connectivity index (χ3v) is 9.72. The van der Waals surface area contributed by atoms with Crippen molar-refractivity contribution >= 4 is 58.2 Å². The number of nitrogens with one attached hydrogen (secondary N) is 1. The predicted molar refractivity (Wildman–Crippen MR) is 148 cm³/mol. The first-order valence-electron chi connectivity index (χ1n) is 12.8. The van der Waals surface area contributed by atoms with Crippen LogP contribution in [0.25, 0.3) is 0 Å². The van der Waals surface area contributed by atoms with Crippen molar-refractivity contribution in [2.75, 3.05) is 11.9 Å². The van der Waals surface area contributed by atoms with Gasteiger partial charge in [0, 0.05) is 13.0 Å². The number of likely N-dealkylation sites (tertiary alicyclic amines) is 1. The average Bonchev–Trinajstić information content (AvgIpc) is 3.19. The normalized spacial score (nSPS) is 26.7. The number of imide groups is 1. The average molecular weight is 568 g/mol. The predicted octanol–water partition coefficient (Wildman–Crippen LogP) is 6.43. The molecule has 0 aromatic heterocycles. The monoisotopic (exact) mass is 566 g/mol. The Morgan fingerprint density at radius 1 is 0.737 bits per heavy atom. The summed E-state index contributed by atoms with van der Waals surface area (Å²) in [6.45, 7) is 0.267. The van der Waals surface area contributed by atoms with Crippen LogP contribution in [0.2, 0.25) is 5.02 Å². The molecule has 3 aromatic rings. The van der Waals surface area contributed by atoms with Crippen LogP contribution < -0.4 is 5.32 Å². The number of hydrogen-bond donors (Lipinski definition) is 1. The lowest BCUT2D eigenvalue weighted by Crippen LogP contribution is -2.57. The quantitative estimate of drug-likeness (QED) is 0.203. The molecule has 1 saturated heterocycles. The number of rotatable bonds is 7. The number of halogens is 3. The summed E-state index contributed by atoms with van der Waals surface area (Å²) in [5.74, 6) is -2.24. The van der Waals surface area contributed by atoms with Crippen LogP contribution in [0.15, 0.2) is 72.8 Å². The van der Waals surface area contributed by atoms with Gasteiger partial charge in [0.1, 0.15) is 9.75 Å². The number of unbranched alkanes of at least 4 members (excludes halogenated alkanes) is 2. The smallest absolute Gasteiger partial charge is 0.235 e. The zero-order chi connectivity index (χ0) is 26.7. The SMILES string of the molecule is O=C(CCCCCN1C(=O)[C@H]2[C@H](C1=O)C1(Cl)c3ccccc3C2(Cl)c2ccccc21)Nc1ccccc1Cl. The first-order valence-corrected chi connectivity index (χ1v) is 13.9. The minimum atomic E-state index is -1.16. The van der Waals surface area contributed by atoms with Gasteiger partial charge < -0.3 is 5.32 Å². The van der Waals surface area contributed by atoms with Crippen LogP contribution >= 0.6 is 34.8 Å². The summed E-state index contributed by atoms with van der Waals surface area (Å²) in [6, 6.07) is 22.3. The van der Waals surface area contributed by atoms with Gasteiger partial charge >= 0.3 is 0 Å². The first kappa shape index (κ1) is 25.4. The van der Waals surface area contributed by atoms with Crippen LogP contribution in [-0.4, -0.2) is 29.2 Å². The Morgan fingerprint density at radius 3 is 1.71 bits per heavy atom. The van der Waals surface area contributed by atoms with Crippen molar-refractivity contribution in [2.24, 2.45) is 11.8 Å². The molecule has 2 bridgehead atoms. The van der Waals surface area contributed by atoms with Gasteiger partial charge in [-0.05, 0) is 47.2 Å². The van der Waals surface area contributed by atoms with Gasteiger partial charge in [-0.25, -0.2) is 0 Å². The molecule has 8 heteroatoms. The van der Waals surface area contributed by atoms with Crippen LogP contribution in [-0.2, 0) is 24.1 Å². The third kappa shape index (κ3) is 3.55. The molecule has 5 nitrogen and oxygen atoms in total. The molecule has 1 fully saturated rings. The van der Waals surface area contributed by atoms with Gasteiger partial charge in [0.25, 0.3) is 0 Å². The van der Waals surface area contributed by atoms with Crippen molar-refractivity contribution in [3.05, 3.63) is 100 Å². The molecular weight excluding hydrogens is 543 g/mol. The van der Waals surface area contributed by atoms with E-state index in [1.807, 2.05) is 54.6 Å². The molecule has 1 N–H and O–H groups in total. The lowest BCUT2D eigenvalue weighted by molar-refractivity contribution is -0.140. The zero-order valence-corrected chi connectivity index (χ0v) is 22.7. The van der Waals surface area contributed by atoms with E-state index < -0.39 is 21.6 Å². The summed E-state index contributed by atoms with van der Waals surface area (Å²) >= 11 is 21.0. The maximum atomic E-state index is 13.8. The van der Waals surface area contributed by atoms with Crippen LogP contribution in [0.4, 0.5) is 5.69 Å². The molecule has 2 atom stereocenters. The van der Waals surface area contributed by atoms with Gasteiger partial charge in [0.15, 0.2) is 0 Å². The van der Waals surface area contributed by atoms with Crippen LogP contribution in [0.1, 0.15) is 47.9 Å².